The van der Waals surface area contributed by atoms with Gasteiger partial charge in [-0.25, -0.2) is 0 Å². The topological polar surface area (TPSA) is 49.8 Å². The predicted octanol–water partition coefficient (Wildman–Crippen LogP) is 2.08. The Morgan fingerprint density at radius 1 is 1.38 bits per heavy atom. The molecule has 2 N–H and O–H groups in total. The van der Waals surface area contributed by atoms with Gasteiger partial charge in [0.15, 0.2) is 0 Å². The van der Waals surface area contributed by atoms with Gasteiger partial charge in [0, 0.05) is 0 Å². The molecule has 0 saturated heterocycles. The highest BCUT2D eigenvalue weighted by molar-refractivity contribution is 5.27. The molecule has 0 radical (unpaired) electrons. The Kier molecular flexibility index (Phi) is 2.69. The molecular weight excluding hydrogens is 160 g/mol. The van der Waals surface area contributed by atoms with Gasteiger partial charge in [0.25, 0.3) is 0 Å². The first-order valence-corrected chi connectivity index (χ1v) is 4.29. The van der Waals surface area contributed by atoms with E-state index in [4.69, 9.17) is 11.0 Å². The lowest BCUT2D eigenvalue weighted by atomic mass is 9.90. The summed E-state index contributed by atoms with van der Waals surface area (Å²) in [5, 5.41) is 8.59. The van der Waals surface area contributed by atoms with Gasteiger partial charge in [-0.15, -0.1) is 0 Å². The third-order valence-corrected chi connectivity index (χ3v) is 2.16. The molecule has 68 valence electrons. The second-order valence-electron chi connectivity index (χ2n) is 3.62. The van der Waals surface area contributed by atoms with Gasteiger partial charge in [-0.3, -0.25) is 0 Å². The van der Waals surface area contributed by atoms with Gasteiger partial charge in [0.2, 0.25) is 0 Å². The second-order valence-corrected chi connectivity index (χ2v) is 3.62. The molecule has 1 unspecified atom stereocenters. The highest BCUT2D eigenvalue weighted by atomic mass is 14.7. The molecule has 1 rings (SSSR count). The third kappa shape index (κ3) is 2.30. The van der Waals surface area contributed by atoms with Crippen LogP contribution < -0.4 is 5.73 Å². The van der Waals surface area contributed by atoms with Crippen molar-refractivity contribution in [2.24, 2.45) is 5.73 Å². The first-order valence-electron chi connectivity index (χ1n) is 4.29. The van der Waals surface area contributed by atoms with E-state index < -0.39 is 5.54 Å². The molecule has 2 heteroatoms. The number of benzene rings is 1. The highest BCUT2D eigenvalue weighted by Crippen LogP contribution is 2.20. The second kappa shape index (κ2) is 3.59. The fourth-order valence-electron chi connectivity index (χ4n) is 1.20. The fraction of sp³-hybridized carbons (Fsp3) is 0.364. The molecule has 2 nitrogen and oxygen atoms in total. The van der Waals surface area contributed by atoms with Gasteiger partial charge >= 0.3 is 0 Å². The highest BCUT2D eigenvalue weighted by Gasteiger charge is 2.19. The fourth-order valence-corrected chi connectivity index (χ4v) is 1.20. The molecular formula is C11H14N2. The molecule has 1 atom stereocenters. The van der Waals surface area contributed by atoms with Crippen LogP contribution in [-0.4, -0.2) is 0 Å². The number of nitrogens with zero attached hydrogens (tertiary/aromatic N) is 1. The van der Waals surface area contributed by atoms with Crippen molar-refractivity contribution in [2.75, 3.05) is 0 Å². The number of nitrogens with two attached hydrogens (primary N) is 1. The van der Waals surface area contributed by atoms with E-state index in [-0.39, 0.29) is 0 Å². The van der Waals surface area contributed by atoms with Crippen LogP contribution in [0.4, 0.5) is 0 Å². The number of hydrogen-bond donors (Lipinski definition) is 1. The molecule has 0 aromatic heterocycles. The van der Waals surface area contributed by atoms with E-state index in [1.54, 1.807) is 0 Å². The molecule has 13 heavy (non-hydrogen) atoms. The summed E-state index contributed by atoms with van der Waals surface area (Å²) in [7, 11) is 0. The summed E-state index contributed by atoms with van der Waals surface area (Å²) in [5.74, 6) is 0. The number of rotatable bonds is 2. The van der Waals surface area contributed by atoms with Gasteiger partial charge in [-0.2, -0.15) is 5.26 Å². The lowest BCUT2D eigenvalue weighted by molar-refractivity contribution is 0.507. The van der Waals surface area contributed by atoms with E-state index >= 15 is 0 Å². The molecule has 0 spiro atoms. The average Bonchev–Trinajstić information content (AvgIpc) is 2.05. The van der Waals surface area contributed by atoms with Gasteiger partial charge < -0.3 is 5.73 Å². The van der Waals surface area contributed by atoms with E-state index in [1.165, 1.54) is 5.56 Å². The molecule has 0 aliphatic carbocycles. The molecule has 0 saturated carbocycles. The van der Waals surface area contributed by atoms with Crippen molar-refractivity contribution in [2.45, 2.75) is 25.8 Å². The van der Waals surface area contributed by atoms with Crippen LogP contribution in [0.3, 0.4) is 0 Å². The minimum absolute atomic E-state index is 0.343. The summed E-state index contributed by atoms with van der Waals surface area (Å²) in [6, 6.07) is 10.1. The molecule has 1 aromatic rings. The molecule has 0 heterocycles. The SMILES string of the molecule is Cc1ccc(C(C)(N)CC#N)cc1. The molecule has 0 fully saturated rings. The lowest BCUT2D eigenvalue weighted by Crippen LogP contribution is -2.32. The zero-order chi connectivity index (χ0) is 9.90. The number of aryl methyl sites for hydroxylation is 1. The standard InChI is InChI=1S/C11H14N2/c1-9-3-5-10(6-4-9)11(2,13)7-8-12/h3-6H,7,13H2,1-2H3. The van der Waals surface area contributed by atoms with Gasteiger partial charge in [0.05, 0.1) is 18.0 Å². The largest absolute Gasteiger partial charge is 0.321 e. The van der Waals surface area contributed by atoms with Crippen molar-refractivity contribution in [1.29, 1.82) is 5.26 Å². The van der Waals surface area contributed by atoms with Crippen LogP contribution in [0.1, 0.15) is 24.5 Å². The molecule has 0 amide bonds. The Balaban J connectivity index is 2.95. The van der Waals surface area contributed by atoms with Crippen LogP contribution >= 0.6 is 0 Å². The summed E-state index contributed by atoms with van der Waals surface area (Å²) in [6.07, 6.45) is 0.343. The van der Waals surface area contributed by atoms with Crippen molar-refractivity contribution in [3.05, 3.63) is 35.4 Å². The van der Waals surface area contributed by atoms with E-state index in [2.05, 4.69) is 6.07 Å². The summed E-state index contributed by atoms with van der Waals surface area (Å²) >= 11 is 0. The molecule has 0 aliphatic rings. The smallest absolute Gasteiger partial charge is 0.0644 e. The van der Waals surface area contributed by atoms with E-state index in [1.807, 2.05) is 38.1 Å². The van der Waals surface area contributed by atoms with Crippen molar-refractivity contribution in [3.63, 3.8) is 0 Å². The van der Waals surface area contributed by atoms with Crippen LogP contribution in [-0.2, 0) is 5.54 Å². The Bertz CT molecular complexity index is 317. The maximum absolute atomic E-state index is 8.59. The van der Waals surface area contributed by atoms with Crippen molar-refractivity contribution < 1.29 is 0 Å². The monoisotopic (exact) mass is 174 g/mol. The predicted molar refractivity (Wildman–Crippen MR) is 52.9 cm³/mol. The summed E-state index contributed by atoms with van der Waals surface area (Å²) < 4.78 is 0. The maximum atomic E-state index is 8.59. The van der Waals surface area contributed by atoms with Crippen LogP contribution in [0.25, 0.3) is 0 Å². The minimum Gasteiger partial charge on any atom is -0.321 e. The Labute approximate surface area is 79.0 Å². The Morgan fingerprint density at radius 2 is 1.92 bits per heavy atom. The van der Waals surface area contributed by atoms with E-state index in [0.717, 1.165) is 5.56 Å². The van der Waals surface area contributed by atoms with Crippen LogP contribution in [0.15, 0.2) is 24.3 Å². The third-order valence-electron chi connectivity index (χ3n) is 2.16. The number of hydrogen-bond acceptors (Lipinski definition) is 2. The molecule has 0 aliphatic heterocycles. The van der Waals surface area contributed by atoms with E-state index in [0.29, 0.717) is 6.42 Å². The zero-order valence-electron chi connectivity index (χ0n) is 8.04. The first-order chi connectivity index (χ1) is 6.06. The van der Waals surface area contributed by atoms with Crippen molar-refractivity contribution in [3.8, 4) is 6.07 Å². The average molecular weight is 174 g/mol. The summed E-state index contributed by atoms with van der Waals surface area (Å²) in [5.41, 5.74) is 7.67. The Hall–Kier alpha value is -1.33. The maximum Gasteiger partial charge on any atom is 0.0644 e. The van der Waals surface area contributed by atoms with Crippen LogP contribution in [0, 0.1) is 18.3 Å². The van der Waals surface area contributed by atoms with Crippen LogP contribution in [0.5, 0.6) is 0 Å². The van der Waals surface area contributed by atoms with Gasteiger partial charge in [-0.1, -0.05) is 29.8 Å². The first kappa shape index (κ1) is 9.76. The van der Waals surface area contributed by atoms with Gasteiger partial charge in [-0.05, 0) is 19.4 Å². The lowest BCUT2D eigenvalue weighted by Gasteiger charge is -2.21. The summed E-state index contributed by atoms with van der Waals surface area (Å²) in [4.78, 5) is 0. The Morgan fingerprint density at radius 3 is 2.38 bits per heavy atom. The summed E-state index contributed by atoms with van der Waals surface area (Å²) in [6.45, 7) is 3.91. The van der Waals surface area contributed by atoms with Crippen molar-refractivity contribution in [1.82, 2.24) is 0 Å². The minimum atomic E-state index is -0.525. The van der Waals surface area contributed by atoms with Gasteiger partial charge in [0.1, 0.15) is 0 Å². The zero-order valence-corrected chi connectivity index (χ0v) is 8.04. The van der Waals surface area contributed by atoms with E-state index in [9.17, 15) is 0 Å². The molecule has 1 aromatic carbocycles. The van der Waals surface area contributed by atoms with Crippen molar-refractivity contribution >= 4 is 0 Å². The molecule has 0 bridgehead atoms. The number of nitriles is 1. The normalized spacial score (nSPS) is 14.6. The van der Waals surface area contributed by atoms with Crippen LogP contribution in [0.2, 0.25) is 0 Å². The quantitative estimate of drug-likeness (QED) is 0.746.